The highest BCUT2D eigenvalue weighted by molar-refractivity contribution is 14.2. The van der Waals surface area contributed by atoms with Crippen molar-refractivity contribution in [3.05, 3.63) is 21.8 Å². The molecule has 0 N–H and O–H groups in total. The molecule has 1 aliphatic heterocycles. The monoisotopic (exact) mass is 206 g/mol. The summed E-state index contributed by atoms with van der Waals surface area (Å²) >= 11 is 0.301. The lowest BCUT2D eigenvalue weighted by atomic mass is 10.3. The minimum absolute atomic E-state index is 0.301. The second kappa shape index (κ2) is 2.40. The van der Waals surface area contributed by atoms with Crippen molar-refractivity contribution in [1.29, 1.82) is 0 Å². The minimum Gasteiger partial charge on any atom is -0.0935 e. The molecule has 0 bridgehead atoms. The van der Waals surface area contributed by atoms with E-state index in [1.807, 2.05) is 0 Å². The van der Waals surface area contributed by atoms with Crippen molar-refractivity contribution in [1.82, 2.24) is 0 Å². The quantitative estimate of drug-likeness (QED) is 0.533. The standard InChI is InChI=1S/C6H7I/c1-6-3-2-4-7-5-6/h2-5H,1H3. The fraction of sp³-hybridized carbons (Fsp3) is 0.167. The topological polar surface area (TPSA) is 0 Å². The lowest BCUT2D eigenvalue weighted by Gasteiger charge is -1.88. The van der Waals surface area contributed by atoms with E-state index in [0.717, 1.165) is 0 Å². The SMILES string of the molecule is CC1=CI=CC=C1. The molecule has 0 saturated heterocycles. The van der Waals surface area contributed by atoms with Crippen LogP contribution in [0.1, 0.15) is 6.92 Å². The van der Waals surface area contributed by atoms with Gasteiger partial charge >= 0.3 is 0 Å². The summed E-state index contributed by atoms with van der Waals surface area (Å²) in [5, 5.41) is 0. The maximum atomic E-state index is 2.32. The van der Waals surface area contributed by atoms with Crippen LogP contribution in [-0.2, 0) is 0 Å². The average molecular weight is 206 g/mol. The van der Waals surface area contributed by atoms with Gasteiger partial charge in [0.15, 0.2) is 0 Å². The largest absolute Gasteiger partial charge is 0.0935 e. The summed E-state index contributed by atoms with van der Waals surface area (Å²) in [4.78, 5) is 0. The molecule has 0 spiro atoms. The van der Waals surface area contributed by atoms with E-state index in [9.17, 15) is 0 Å². The van der Waals surface area contributed by atoms with Crippen LogP contribution in [0.5, 0.6) is 0 Å². The predicted octanol–water partition coefficient (Wildman–Crippen LogP) is 2.23. The molecular formula is C6H7I. The predicted molar refractivity (Wildman–Crippen MR) is 43.0 cm³/mol. The summed E-state index contributed by atoms with van der Waals surface area (Å²) in [5.74, 6) is 0. The smallest absolute Gasteiger partial charge is 0.0257 e. The second-order valence-electron chi connectivity index (χ2n) is 1.46. The Morgan fingerprint density at radius 3 is 2.71 bits per heavy atom. The Labute approximate surface area is 53.7 Å². The summed E-state index contributed by atoms with van der Waals surface area (Å²) in [5.41, 5.74) is 1.43. The average Bonchev–Trinajstić information content (AvgIpc) is 1.69. The fourth-order valence-corrected chi connectivity index (χ4v) is 1.83. The summed E-state index contributed by atoms with van der Waals surface area (Å²) in [6.07, 6.45) is 4.28. The van der Waals surface area contributed by atoms with E-state index in [1.165, 1.54) is 5.57 Å². The van der Waals surface area contributed by atoms with Crippen LogP contribution in [0, 0.1) is 0 Å². The van der Waals surface area contributed by atoms with Crippen LogP contribution in [0.15, 0.2) is 21.8 Å². The molecule has 0 atom stereocenters. The van der Waals surface area contributed by atoms with E-state index >= 15 is 0 Å². The lowest BCUT2D eigenvalue weighted by Crippen LogP contribution is -1.67. The maximum absolute atomic E-state index is 2.32. The van der Waals surface area contributed by atoms with Crippen LogP contribution < -0.4 is 0 Å². The van der Waals surface area contributed by atoms with Crippen LogP contribution >= 0.6 is 20.7 Å². The normalized spacial score (nSPS) is 18.1. The van der Waals surface area contributed by atoms with Crippen molar-refractivity contribution in [2.45, 2.75) is 6.92 Å². The summed E-state index contributed by atoms with van der Waals surface area (Å²) in [6.45, 7) is 2.14. The molecule has 0 aromatic heterocycles. The molecule has 0 unspecified atom stereocenters. The molecule has 0 aliphatic carbocycles. The molecule has 1 heteroatoms. The van der Waals surface area contributed by atoms with Gasteiger partial charge in [0.25, 0.3) is 0 Å². The molecule has 0 aromatic carbocycles. The number of rotatable bonds is 0. The van der Waals surface area contributed by atoms with Gasteiger partial charge in [-0.05, 0) is 20.6 Å². The molecule has 1 aliphatic rings. The van der Waals surface area contributed by atoms with Crippen molar-refractivity contribution in [3.8, 4) is 0 Å². The third-order valence-electron chi connectivity index (χ3n) is 0.740. The van der Waals surface area contributed by atoms with Crippen LogP contribution in [0.2, 0.25) is 0 Å². The van der Waals surface area contributed by atoms with E-state index in [4.69, 9.17) is 0 Å². The zero-order chi connectivity index (χ0) is 5.11. The first-order valence-corrected chi connectivity index (χ1v) is 4.67. The second-order valence-corrected chi connectivity index (χ2v) is 3.53. The molecular weight excluding hydrogens is 199 g/mol. The molecule has 0 fully saturated rings. The van der Waals surface area contributed by atoms with Gasteiger partial charge in [0.1, 0.15) is 0 Å². The zero-order valence-electron chi connectivity index (χ0n) is 4.19. The molecule has 0 radical (unpaired) electrons. The maximum Gasteiger partial charge on any atom is -0.0257 e. The number of allylic oxidation sites excluding steroid dienone is 3. The van der Waals surface area contributed by atoms with Gasteiger partial charge < -0.3 is 0 Å². The first-order valence-electron chi connectivity index (χ1n) is 2.18. The Hall–Kier alpha value is 0.0800. The Morgan fingerprint density at radius 2 is 2.43 bits per heavy atom. The molecule has 0 amide bonds. The van der Waals surface area contributed by atoms with E-state index in [2.05, 4.69) is 27.2 Å². The number of hydrogen-bond acceptors (Lipinski definition) is 0. The highest BCUT2D eigenvalue weighted by Crippen LogP contribution is 2.09. The highest BCUT2D eigenvalue weighted by atomic mass is 127. The molecule has 0 saturated carbocycles. The summed E-state index contributed by atoms with van der Waals surface area (Å²) in [6, 6.07) is 0. The van der Waals surface area contributed by atoms with Crippen LogP contribution in [0.25, 0.3) is 0 Å². The van der Waals surface area contributed by atoms with Gasteiger partial charge in [0.05, 0.1) is 0 Å². The molecule has 7 heavy (non-hydrogen) atoms. The minimum atomic E-state index is 0.301. The van der Waals surface area contributed by atoms with Crippen molar-refractivity contribution >= 4 is 24.7 Å². The van der Waals surface area contributed by atoms with Crippen LogP contribution in [-0.4, -0.2) is 4.01 Å². The third-order valence-corrected chi connectivity index (χ3v) is 2.91. The van der Waals surface area contributed by atoms with Crippen molar-refractivity contribution in [3.63, 3.8) is 0 Å². The first kappa shape index (κ1) is 5.22. The van der Waals surface area contributed by atoms with Crippen molar-refractivity contribution < 1.29 is 0 Å². The molecule has 38 valence electrons. The van der Waals surface area contributed by atoms with Gasteiger partial charge in [-0.1, -0.05) is 32.9 Å². The van der Waals surface area contributed by atoms with Gasteiger partial charge in [-0.15, -0.1) is 0 Å². The summed E-state index contributed by atoms with van der Waals surface area (Å²) < 4.78 is 4.57. The highest BCUT2D eigenvalue weighted by Gasteiger charge is 1.79. The fourth-order valence-electron chi connectivity index (χ4n) is 0.402. The number of hydrogen-bond donors (Lipinski definition) is 0. The summed E-state index contributed by atoms with van der Waals surface area (Å²) in [7, 11) is 0. The van der Waals surface area contributed by atoms with Crippen LogP contribution in [0.3, 0.4) is 0 Å². The molecule has 1 heterocycles. The Morgan fingerprint density at radius 1 is 1.57 bits per heavy atom. The first-order chi connectivity index (χ1) is 3.39. The van der Waals surface area contributed by atoms with Gasteiger partial charge in [-0.2, -0.15) is 0 Å². The van der Waals surface area contributed by atoms with E-state index in [-0.39, 0.29) is 0 Å². The zero-order valence-corrected chi connectivity index (χ0v) is 6.34. The van der Waals surface area contributed by atoms with E-state index < -0.39 is 0 Å². The number of halogens is 1. The van der Waals surface area contributed by atoms with E-state index in [0.29, 0.717) is 20.7 Å². The van der Waals surface area contributed by atoms with Gasteiger partial charge in [0.2, 0.25) is 0 Å². The molecule has 0 nitrogen and oxygen atoms in total. The van der Waals surface area contributed by atoms with Gasteiger partial charge in [-0.25, -0.2) is 0 Å². The van der Waals surface area contributed by atoms with Gasteiger partial charge in [0, 0.05) is 0 Å². The van der Waals surface area contributed by atoms with Gasteiger partial charge in [-0.3, -0.25) is 0 Å². The Balaban J connectivity index is 2.82. The molecule has 1 rings (SSSR count). The van der Waals surface area contributed by atoms with Crippen LogP contribution in [0.4, 0.5) is 0 Å². The lowest BCUT2D eigenvalue weighted by molar-refractivity contribution is 1.57. The Kier molecular flexibility index (Phi) is 1.79. The van der Waals surface area contributed by atoms with Crippen molar-refractivity contribution in [2.75, 3.05) is 0 Å². The van der Waals surface area contributed by atoms with E-state index in [1.54, 1.807) is 0 Å². The van der Waals surface area contributed by atoms with Crippen molar-refractivity contribution in [2.24, 2.45) is 0 Å². The third kappa shape index (κ3) is 1.55. The Bertz CT molecular complexity index is 140. The molecule has 0 aromatic rings.